The largest absolute Gasteiger partial charge is 0.476 e. The molecule has 0 bridgehead atoms. The topological polar surface area (TPSA) is 63.3 Å². The maximum absolute atomic E-state index is 10.9. The van der Waals surface area contributed by atoms with Crippen molar-refractivity contribution >= 4 is 19.4 Å². The van der Waals surface area contributed by atoms with Gasteiger partial charge in [-0.15, -0.1) is 0 Å². The number of carboxylic acid groups (broad SMARTS) is 1. The number of rotatable bonds is 3. The molecule has 4 nitrogen and oxygen atoms in total. The minimum absolute atomic E-state index is 0.0982. The fourth-order valence-corrected chi connectivity index (χ4v) is 2.47. The molecule has 5 heteroatoms. The van der Waals surface area contributed by atoms with Gasteiger partial charge in [0.1, 0.15) is 13.5 Å². The number of aromatic nitrogens is 1. The zero-order valence-corrected chi connectivity index (χ0v) is 9.92. The maximum atomic E-state index is 10.9. The minimum Gasteiger partial charge on any atom is -0.476 e. The monoisotopic (exact) mass is 213 g/mol. The predicted molar refractivity (Wildman–Crippen MR) is 55.8 cm³/mol. The summed E-state index contributed by atoms with van der Waals surface area (Å²) in [6, 6.07) is 0. The minimum atomic E-state index is -1.75. The molecule has 0 radical (unpaired) electrons. The second kappa shape index (κ2) is 3.57. The van der Waals surface area contributed by atoms with Crippen LogP contribution in [0.3, 0.4) is 0 Å². The number of aromatic carboxylic acids is 1. The van der Waals surface area contributed by atoms with Gasteiger partial charge < -0.3 is 9.52 Å². The van der Waals surface area contributed by atoms with Gasteiger partial charge in [0, 0.05) is 6.42 Å². The van der Waals surface area contributed by atoms with E-state index < -0.39 is 14.0 Å². The van der Waals surface area contributed by atoms with E-state index in [1.54, 1.807) is 0 Å². The third kappa shape index (κ3) is 2.04. The SMILES string of the molecule is CCc1nc(C(=O)O)c([Si](C)(C)C)o1. The van der Waals surface area contributed by atoms with Gasteiger partial charge in [0.2, 0.25) is 0 Å². The Morgan fingerprint density at radius 3 is 2.36 bits per heavy atom. The zero-order valence-electron chi connectivity index (χ0n) is 8.92. The van der Waals surface area contributed by atoms with Gasteiger partial charge in [-0.1, -0.05) is 26.6 Å². The van der Waals surface area contributed by atoms with E-state index in [-0.39, 0.29) is 5.69 Å². The molecule has 1 aromatic rings. The average Bonchev–Trinajstić information content (AvgIpc) is 2.46. The maximum Gasteiger partial charge on any atom is 0.357 e. The zero-order chi connectivity index (χ0) is 10.9. The third-order valence-electron chi connectivity index (χ3n) is 1.86. The molecule has 0 aromatic carbocycles. The summed E-state index contributed by atoms with van der Waals surface area (Å²) >= 11 is 0. The summed E-state index contributed by atoms with van der Waals surface area (Å²) in [5, 5.41) is 9.52. The molecular formula is C9H15NO3Si. The van der Waals surface area contributed by atoms with Crippen LogP contribution in [0.4, 0.5) is 0 Å². The fraction of sp³-hybridized carbons (Fsp3) is 0.556. The Labute approximate surface area is 84.0 Å². The van der Waals surface area contributed by atoms with Crippen molar-refractivity contribution in [3.8, 4) is 0 Å². The van der Waals surface area contributed by atoms with Crippen molar-refractivity contribution in [1.82, 2.24) is 4.98 Å². The van der Waals surface area contributed by atoms with Crippen molar-refractivity contribution < 1.29 is 14.3 Å². The first-order chi connectivity index (χ1) is 6.36. The molecule has 0 amide bonds. The second-order valence-corrected chi connectivity index (χ2v) is 9.15. The molecule has 0 saturated carbocycles. The first kappa shape index (κ1) is 11.0. The third-order valence-corrected chi connectivity index (χ3v) is 3.56. The average molecular weight is 213 g/mol. The molecule has 0 spiro atoms. The highest BCUT2D eigenvalue weighted by atomic mass is 28.3. The number of hydrogen-bond acceptors (Lipinski definition) is 3. The molecule has 1 N–H and O–H groups in total. The lowest BCUT2D eigenvalue weighted by Crippen LogP contribution is -2.40. The number of hydrogen-bond donors (Lipinski definition) is 1. The van der Waals surface area contributed by atoms with Gasteiger partial charge in [-0.25, -0.2) is 9.78 Å². The van der Waals surface area contributed by atoms with Crippen LogP contribution in [-0.4, -0.2) is 24.1 Å². The molecule has 78 valence electrons. The van der Waals surface area contributed by atoms with Gasteiger partial charge in [-0.3, -0.25) is 0 Å². The van der Waals surface area contributed by atoms with Crippen molar-refractivity contribution in [2.45, 2.75) is 33.0 Å². The summed E-state index contributed by atoms with van der Waals surface area (Å²) in [5.41, 5.74) is 0.0982. The summed E-state index contributed by atoms with van der Waals surface area (Å²) in [6.45, 7) is 8.02. The molecular weight excluding hydrogens is 198 g/mol. The van der Waals surface area contributed by atoms with Gasteiger partial charge in [0.05, 0.1) is 0 Å². The molecule has 0 aliphatic rings. The highest BCUT2D eigenvalue weighted by molar-refractivity contribution is 6.88. The molecule has 0 aliphatic carbocycles. The van der Waals surface area contributed by atoms with E-state index in [4.69, 9.17) is 9.52 Å². The Morgan fingerprint density at radius 2 is 2.07 bits per heavy atom. The highest BCUT2D eigenvalue weighted by Gasteiger charge is 2.30. The Balaban J connectivity index is 3.26. The Hall–Kier alpha value is -1.10. The summed E-state index contributed by atoms with van der Waals surface area (Å²) < 4.78 is 5.46. The summed E-state index contributed by atoms with van der Waals surface area (Å²) in [7, 11) is -1.75. The van der Waals surface area contributed by atoms with Crippen LogP contribution in [-0.2, 0) is 6.42 Å². The summed E-state index contributed by atoms with van der Waals surface area (Å²) in [4.78, 5) is 14.9. The van der Waals surface area contributed by atoms with E-state index in [1.807, 2.05) is 26.6 Å². The van der Waals surface area contributed by atoms with E-state index in [1.165, 1.54) is 0 Å². The quantitative estimate of drug-likeness (QED) is 0.772. The van der Waals surface area contributed by atoms with E-state index in [0.29, 0.717) is 17.7 Å². The number of oxazole rings is 1. The standard InChI is InChI=1S/C9H15NO3Si/c1-5-6-10-7(8(11)12)9(13-6)14(2,3)4/h5H2,1-4H3,(H,11,12). The molecule has 1 rings (SSSR count). The van der Waals surface area contributed by atoms with Crippen molar-refractivity contribution in [2.75, 3.05) is 0 Å². The van der Waals surface area contributed by atoms with E-state index in [2.05, 4.69) is 4.98 Å². The van der Waals surface area contributed by atoms with E-state index in [9.17, 15) is 4.79 Å². The fourth-order valence-electron chi connectivity index (χ4n) is 1.17. The first-order valence-corrected chi connectivity index (χ1v) is 8.09. The number of aryl methyl sites for hydroxylation is 1. The lowest BCUT2D eigenvalue weighted by atomic mass is 10.5. The van der Waals surface area contributed by atoms with Crippen LogP contribution in [0, 0.1) is 0 Å². The van der Waals surface area contributed by atoms with Gasteiger partial charge in [0.25, 0.3) is 0 Å². The van der Waals surface area contributed by atoms with Crippen molar-refractivity contribution in [3.63, 3.8) is 0 Å². The van der Waals surface area contributed by atoms with Crippen LogP contribution in [0.1, 0.15) is 23.3 Å². The molecule has 0 aliphatic heterocycles. The molecule has 14 heavy (non-hydrogen) atoms. The van der Waals surface area contributed by atoms with Crippen LogP contribution in [0.15, 0.2) is 4.42 Å². The molecule has 0 atom stereocenters. The Kier molecular flexibility index (Phi) is 2.80. The van der Waals surface area contributed by atoms with Gasteiger partial charge in [-0.2, -0.15) is 0 Å². The van der Waals surface area contributed by atoms with E-state index >= 15 is 0 Å². The molecule has 1 aromatic heterocycles. The van der Waals surface area contributed by atoms with Crippen molar-refractivity contribution in [3.05, 3.63) is 11.6 Å². The Bertz CT molecular complexity index is 351. The van der Waals surface area contributed by atoms with E-state index in [0.717, 1.165) is 0 Å². The Morgan fingerprint density at radius 1 is 1.50 bits per heavy atom. The molecule has 0 saturated heterocycles. The summed E-state index contributed by atoms with van der Waals surface area (Å²) in [6.07, 6.45) is 0.630. The van der Waals surface area contributed by atoms with Gasteiger partial charge >= 0.3 is 5.97 Å². The smallest absolute Gasteiger partial charge is 0.357 e. The first-order valence-electron chi connectivity index (χ1n) is 4.59. The van der Waals surface area contributed by atoms with Gasteiger partial charge in [0.15, 0.2) is 11.6 Å². The van der Waals surface area contributed by atoms with Crippen molar-refractivity contribution in [1.29, 1.82) is 0 Å². The lowest BCUT2D eigenvalue weighted by molar-refractivity contribution is 0.0692. The summed E-state index contributed by atoms with van der Waals surface area (Å²) in [5.74, 6) is -0.481. The molecule has 0 unspecified atom stereocenters. The van der Waals surface area contributed by atoms with Crippen LogP contribution < -0.4 is 5.38 Å². The highest BCUT2D eigenvalue weighted by Crippen LogP contribution is 2.09. The van der Waals surface area contributed by atoms with Crippen LogP contribution in [0.2, 0.25) is 19.6 Å². The number of nitrogens with zero attached hydrogens (tertiary/aromatic N) is 1. The number of carbonyl (C=O) groups is 1. The van der Waals surface area contributed by atoms with Crippen molar-refractivity contribution in [2.24, 2.45) is 0 Å². The molecule has 1 heterocycles. The van der Waals surface area contributed by atoms with Gasteiger partial charge in [-0.05, 0) is 0 Å². The lowest BCUT2D eigenvalue weighted by Gasteiger charge is -2.11. The molecule has 0 fully saturated rings. The predicted octanol–water partition coefficient (Wildman–Crippen LogP) is 1.48. The van der Waals surface area contributed by atoms with Crippen LogP contribution >= 0.6 is 0 Å². The van der Waals surface area contributed by atoms with Crippen LogP contribution in [0.5, 0.6) is 0 Å². The normalized spacial score (nSPS) is 11.7. The van der Waals surface area contributed by atoms with Crippen LogP contribution in [0.25, 0.3) is 0 Å². The number of carboxylic acids is 1. The second-order valence-electron chi connectivity index (χ2n) is 4.19.